The highest BCUT2D eigenvalue weighted by Gasteiger charge is 2.06. The average Bonchev–Trinajstić information content (AvgIpc) is 2.52. The first kappa shape index (κ1) is 16.1. The zero-order valence-corrected chi connectivity index (χ0v) is 12.6. The van der Waals surface area contributed by atoms with Crippen LogP contribution in [-0.4, -0.2) is 35.9 Å². The van der Waals surface area contributed by atoms with Gasteiger partial charge in [0.2, 0.25) is 5.91 Å². The summed E-state index contributed by atoms with van der Waals surface area (Å²) >= 11 is 0. The monoisotopic (exact) mass is 301 g/mol. The first-order valence-electron chi connectivity index (χ1n) is 7.26. The van der Waals surface area contributed by atoms with Gasteiger partial charge in [0.25, 0.3) is 0 Å². The number of benzene rings is 1. The molecule has 0 radical (unpaired) electrons. The second-order valence-corrected chi connectivity index (χ2v) is 5.22. The number of amides is 1. The molecular weight excluding hydrogens is 281 g/mol. The molecule has 0 atom stereocenters. The fourth-order valence-electron chi connectivity index (χ4n) is 2.06. The number of halogens is 1. The van der Waals surface area contributed by atoms with E-state index in [4.69, 9.17) is 0 Å². The Balaban J connectivity index is 1.69. The van der Waals surface area contributed by atoms with Crippen LogP contribution in [0, 0.1) is 5.82 Å². The van der Waals surface area contributed by atoms with Gasteiger partial charge in [-0.05, 0) is 49.4 Å². The highest BCUT2D eigenvalue weighted by molar-refractivity contribution is 5.90. The van der Waals surface area contributed by atoms with Crippen LogP contribution in [-0.2, 0) is 11.2 Å². The van der Waals surface area contributed by atoms with Gasteiger partial charge >= 0.3 is 0 Å². The number of hydrogen-bond donors (Lipinski definition) is 1. The van der Waals surface area contributed by atoms with E-state index in [1.165, 1.54) is 17.7 Å². The first-order valence-corrected chi connectivity index (χ1v) is 7.26. The second kappa shape index (κ2) is 8.24. The van der Waals surface area contributed by atoms with Crippen molar-refractivity contribution in [3.63, 3.8) is 0 Å². The molecule has 116 valence electrons. The molecule has 0 fully saturated rings. The number of carbonyl (C=O) groups excluding carboxylic acids is 1. The third-order valence-electron chi connectivity index (χ3n) is 3.36. The van der Waals surface area contributed by atoms with E-state index in [1.807, 2.05) is 19.2 Å². The molecule has 5 heteroatoms. The van der Waals surface area contributed by atoms with E-state index in [9.17, 15) is 9.18 Å². The van der Waals surface area contributed by atoms with E-state index in [1.54, 1.807) is 24.5 Å². The molecule has 2 aromatic rings. The maximum absolute atomic E-state index is 13.0. The Kier molecular flexibility index (Phi) is 6.03. The van der Waals surface area contributed by atoms with Gasteiger partial charge in [0.1, 0.15) is 5.82 Å². The lowest BCUT2D eigenvalue weighted by Gasteiger charge is -2.16. The van der Waals surface area contributed by atoms with E-state index in [2.05, 4.69) is 15.2 Å². The third-order valence-corrected chi connectivity index (χ3v) is 3.36. The topological polar surface area (TPSA) is 45.2 Å². The highest BCUT2D eigenvalue weighted by atomic mass is 19.1. The molecule has 0 saturated carbocycles. The Morgan fingerprint density at radius 1 is 1.23 bits per heavy atom. The number of rotatable bonds is 7. The SMILES string of the molecule is CN(CCC(=O)Nc1cccc(F)c1)CCc1ccncc1. The van der Waals surface area contributed by atoms with Crippen molar-refractivity contribution < 1.29 is 9.18 Å². The fourth-order valence-corrected chi connectivity index (χ4v) is 2.06. The molecule has 0 unspecified atom stereocenters. The normalized spacial score (nSPS) is 10.7. The molecule has 2 rings (SSSR count). The smallest absolute Gasteiger partial charge is 0.225 e. The van der Waals surface area contributed by atoms with Crippen molar-refractivity contribution in [3.8, 4) is 0 Å². The summed E-state index contributed by atoms with van der Waals surface area (Å²) in [6.45, 7) is 1.53. The molecule has 1 aromatic heterocycles. The molecule has 0 aliphatic carbocycles. The molecule has 1 N–H and O–H groups in total. The van der Waals surface area contributed by atoms with Gasteiger partial charge < -0.3 is 10.2 Å². The minimum atomic E-state index is -0.354. The Morgan fingerprint density at radius 2 is 2.00 bits per heavy atom. The van der Waals surface area contributed by atoms with Crippen molar-refractivity contribution in [1.82, 2.24) is 9.88 Å². The van der Waals surface area contributed by atoms with Gasteiger partial charge in [-0.25, -0.2) is 4.39 Å². The van der Waals surface area contributed by atoms with Crippen molar-refractivity contribution in [1.29, 1.82) is 0 Å². The number of nitrogens with zero attached hydrogens (tertiary/aromatic N) is 2. The van der Waals surface area contributed by atoms with E-state index in [0.717, 1.165) is 13.0 Å². The van der Waals surface area contributed by atoms with Gasteiger partial charge in [-0.3, -0.25) is 9.78 Å². The number of aromatic nitrogens is 1. The van der Waals surface area contributed by atoms with Crippen LogP contribution >= 0.6 is 0 Å². The lowest BCUT2D eigenvalue weighted by molar-refractivity contribution is -0.116. The third kappa shape index (κ3) is 5.61. The summed E-state index contributed by atoms with van der Waals surface area (Å²) in [6, 6.07) is 9.89. The van der Waals surface area contributed by atoms with Crippen LogP contribution in [0.4, 0.5) is 10.1 Å². The summed E-state index contributed by atoms with van der Waals surface area (Å²) < 4.78 is 13.0. The molecule has 1 aromatic carbocycles. The molecular formula is C17H20FN3O. The molecule has 22 heavy (non-hydrogen) atoms. The Hall–Kier alpha value is -2.27. The lowest BCUT2D eigenvalue weighted by Crippen LogP contribution is -2.26. The Bertz CT molecular complexity index is 604. The lowest BCUT2D eigenvalue weighted by atomic mass is 10.2. The van der Waals surface area contributed by atoms with E-state index < -0.39 is 0 Å². The fraction of sp³-hybridized carbons (Fsp3) is 0.294. The predicted octanol–water partition coefficient (Wildman–Crippen LogP) is 2.72. The van der Waals surface area contributed by atoms with E-state index >= 15 is 0 Å². The zero-order chi connectivity index (χ0) is 15.8. The summed E-state index contributed by atoms with van der Waals surface area (Å²) in [5, 5.41) is 2.70. The van der Waals surface area contributed by atoms with Crippen LogP contribution in [0.2, 0.25) is 0 Å². The average molecular weight is 301 g/mol. The number of nitrogens with one attached hydrogen (secondary N) is 1. The van der Waals surface area contributed by atoms with Crippen molar-refractivity contribution in [3.05, 3.63) is 60.2 Å². The van der Waals surface area contributed by atoms with Crippen LogP contribution in [0.3, 0.4) is 0 Å². The number of pyridine rings is 1. The standard InChI is InChI=1S/C17H20FN3O/c1-21(11-7-14-5-9-19-10-6-14)12-8-17(22)20-16-4-2-3-15(18)13-16/h2-6,9-10,13H,7-8,11-12H2,1H3,(H,20,22). The largest absolute Gasteiger partial charge is 0.326 e. The minimum Gasteiger partial charge on any atom is -0.326 e. The molecule has 0 bridgehead atoms. The maximum Gasteiger partial charge on any atom is 0.225 e. The molecule has 0 aliphatic rings. The van der Waals surface area contributed by atoms with Gasteiger partial charge in [0, 0.05) is 37.6 Å². The maximum atomic E-state index is 13.0. The van der Waals surface area contributed by atoms with Gasteiger partial charge in [0.05, 0.1) is 0 Å². The Labute approximate surface area is 130 Å². The number of anilines is 1. The van der Waals surface area contributed by atoms with Gasteiger partial charge in [0.15, 0.2) is 0 Å². The van der Waals surface area contributed by atoms with Crippen LogP contribution in [0.5, 0.6) is 0 Å². The van der Waals surface area contributed by atoms with Gasteiger partial charge in [-0.1, -0.05) is 6.07 Å². The van der Waals surface area contributed by atoms with Gasteiger partial charge in [-0.15, -0.1) is 0 Å². The highest BCUT2D eigenvalue weighted by Crippen LogP contribution is 2.09. The minimum absolute atomic E-state index is 0.110. The summed E-state index contributed by atoms with van der Waals surface area (Å²) in [5.41, 5.74) is 1.72. The van der Waals surface area contributed by atoms with Crippen LogP contribution in [0.1, 0.15) is 12.0 Å². The summed E-state index contributed by atoms with van der Waals surface area (Å²) in [5.74, 6) is -0.464. The van der Waals surface area contributed by atoms with Crippen molar-refractivity contribution in [2.24, 2.45) is 0 Å². The summed E-state index contributed by atoms with van der Waals surface area (Å²) in [6.07, 6.45) is 4.86. The van der Waals surface area contributed by atoms with Crippen molar-refractivity contribution in [2.45, 2.75) is 12.8 Å². The molecule has 0 saturated heterocycles. The van der Waals surface area contributed by atoms with Crippen LogP contribution < -0.4 is 5.32 Å². The van der Waals surface area contributed by atoms with E-state index in [-0.39, 0.29) is 11.7 Å². The van der Waals surface area contributed by atoms with E-state index in [0.29, 0.717) is 18.7 Å². The Morgan fingerprint density at radius 3 is 2.73 bits per heavy atom. The quantitative estimate of drug-likeness (QED) is 0.855. The molecule has 4 nitrogen and oxygen atoms in total. The molecule has 0 spiro atoms. The summed E-state index contributed by atoms with van der Waals surface area (Å²) in [7, 11) is 1.98. The molecule has 1 heterocycles. The van der Waals surface area contributed by atoms with Crippen LogP contribution in [0.15, 0.2) is 48.8 Å². The summed E-state index contributed by atoms with van der Waals surface area (Å²) in [4.78, 5) is 17.9. The predicted molar refractivity (Wildman–Crippen MR) is 85.1 cm³/mol. The number of carbonyl (C=O) groups is 1. The van der Waals surface area contributed by atoms with Crippen molar-refractivity contribution in [2.75, 3.05) is 25.5 Å². The van der Waals surface area contributed by atoms with Gasteiger partial charge in [-0.2, -0.15) is 0 Å². The molecule has 1 amide bonds. The first-order chi connectivity index (χ1) is 10.6. The molecule has 0 aliphatic heterocycles. The zero-order valence-electron chi connectivity index (χ0n) is 12.6. The van der Waals surface area contributed by atoms with Crippen LogP contribution in [0.25, 0.3) is 0 Å². The number of likely N-dealkylation sites (N-methyl/N-ethyl adjacent to an activating group) is 1. The number of hydrogen-bond acceptors (Lipinski definition) is 3. The second-order valence-electron chi connectivity index (χ2n) is 5.22. The van der Waals surface area contributed by atoms with Crippen molar-refractivity contribution >= 4 is 11.6 Å².